The van der Waals surface area contributed by atoms with Crippen LogP contribution >= 0.6 is 22.9 Å². The number of halogens is 1. The van der Waals surface area contributed by atoms with Crippen LogP contribution < -0.4 is 9.62 Å². The first-order valence-electron chi connectivity index (χ1n) is 7.21. The molecule has 0 amide bonds. The zero-order valence-corrected chi connectivity index (χ0v) is 15.8. The summed E-state index contributed by atoms with van der Waals surface area (Å²) in [6.07, 6.45) is 1.31. The van der Waals surface area contributed by atoms with E-state index < -0.39 is 10.0 Å². The third-order valence-corrected chi connectivity index (χ3v) is 5.87. The molecule has 10 heteroatoms. The van der Waals surface area contributed by atoms with Crippen molar-refractivity contribution >= 4 is 44.6 Å². The van der Waals surface area contributed by atoms with Gasteiger partial charge in [-0.3, -0.25) is 4.72 Å². The fraction of sp³-hybridized carbons (Fsp3) is 0.200. The molecule has 3 aromatic heterocycles. The molecule has 0 aliphatic rings. The zero-order chi connectivity index (χ0) is 18.0. The van der Waals surface area contributed by atoms with Crippen molar-refractivity contribution in [2.45, 2.75) is 18.4 Å². The van der Waals surface area contributed by atoms with Crippen molar-refractivity contribution in [1.82, 2.24) is 10.1 Å². The fourth-order valence-corrected chi connectivity index (χ4v) is 4.19. The summed E-state index contributed by atoms with van der Waals surface area (Å²) in [6, 6.07) is 8.44. The van der Waals surface area contributed by atoms with E-state index in [0.717, 1.165) is 9.21 Å². The minimum Gasteiger partial charge on any atom is -0.360 e. The molecule has 25 heavy (non-hydrogen) atoms. The summed E-state index contributed by atoms with van der Waals surface area (Å²) in [5.74, 6) is 1.30. The number of hydrogen-bond donors (Lipinski definition) is 1. The van der Waals surface area contributed by atoms with Gasteiger partial charge in [0.25, 0.3) is 10.0 Å². The lowest BCUT2D eigenvalue weighted by molar-refractivity contribution is 0.400. The van der Waals surface area contributed by atoms with Gasteiger partial charge in [-0.1, -0.05) is 16.8 Å². The van der Waals surface area contributed by atoms with Crippen molar-refractivity contribution in [3.63, 3.8) is 0 Å². The van der Waals surface area contributed by atoms with E-state index in [1.165, 1.54) is 29.7 Å². The molecular formula is C15H15ClN4O3S2. The molecule has 0 bridgehead atoms. The van der Waals surface area contributed by atoms with Crippen molar-refractivity contribution in [1.29, 1.82) is 0 Å². The molecule has 0 radical (unpaired) electrons. The number of nitrogens with one attached hydrogen (secondary N) is 1. The van der Waals surface area contributed by atoms with E-state index in [1.54, 1.807) is 13.0 Å². The lowest BCUT2D eigenvalue weighted by atomic mass is 10.4. The van der Waals surface area contributed by atoms with Crippen LogP contribution in [0.2, 0.25) is 4.34 Å². The Hall–Kier alpha value is -2.10. The number of sulfonamides is 1. The maximum atomic E-state index is 12.3. The number of nitrogens with zero attached hydrogens (tertiary/aromatic N) is 3. The Bertz CT molecular complexity index is 967. The summed E-state index contributed by atoms with van der Waals surface area (Å²) >= 11 is 7.42. The second kappa shape index (κ2) is 7.03. The van der Waals surface area contributed by atoms with Crippen molar-refractivity contribution in [3.05, 3.63) is 51.5 Å². The second-order valence-corrected chi connectivity index (χ2v) is 8.82. The Morgan fingerprint density at radius 2 is 2.12 bits per heavy atom. The average molecular weight is 399 g/mol. The predicted octanol–water partition coefficient (Wildman–Crippen LogP) is 3.53. The number of aromatic nitrogens is 2. The quantitative estimate of drug-likeness (QED) is 0.683. The van der Waals surface area contributed by atoms with Gasteiger partial charge < -0.3 is 9.42 Å². The van der Waals surface area contributed by atoms with E-state index in [2.05, 4.69) is 14.9 Å². The highest BCUT2D eigenvalue weighted by molar-refractivity contribution is 7.92. The van der Waals surface area contributed by atoms with Gasteiger partial charge in [-0.2, -0.15) is 0 Å². The van der Waals surface area contributed by atoms with Gasteiger partial charge in [0.1, 0.15) is 16.5 Å². The monoisotopic (exact) mass is 398 g/mol. The summed E-state index contributed by atoms with van der Waals surface area (Å²) in [7, 11) is -1.89. The molecule has 0 spiro atoms. The van der Waals surface area contributed by atoms with Crippen molar-refractivity contribution < 1.29 is 12.9 Å². The summed E-state index contributed by atoms with van der Waals surface area (Å²) in [4.78, 5) is 7.28. The molecule has 3 rings (SSSR count). The van der Waals surface area contributed by atoms with Crippen molar-refractivity contribution in [2.75, 3.05) is 16.7 Å². The molecule has 0 aromatic carbocycles. The number of thiophene rings is 1. The Morgan fingerprint density at radius 1 is 1.32 bits per heavy atom. The number of hydrogen-bond acceptors (Lipinski definition) is 7. The van der Waals surface area contributed by atoms with Crippen LogP contribution in [-0.4, -0.2) is 25.6 Å². The van der Waals surface area contributed by atoms with Crippen LogP contribution in [0, 0.1) is 6.92 Å². The molecule has 0 aliphatic carbocycles. The van der Waals surface area contributed by atoms with Crippen LogP contribution in [0.1, 0.15) is 10.6 Å². The molecule has 0 saturated carbocycles. The molecule has 3 aromatic rings. The fourth-order valence-electron chi connectivity index (χ4n) is 2.12. The first-order valence-corrected chi connectivity index (χ1v) is 9.89. The largest absolute Gasteiger partial charge is 0.360 e. The van der Waals surface area contributed by atoms with Crippen LogP contribution in [0.4, 0.5) is 11.6 Å². The second-order valence-electron chi connectivity index (χ2n) is 5.34. The first kappa shape index (κ1) is 17.7. The zero-order valence-electron chi connectivity index (χ0n) is 13.4. The molecule has 0 fully saturated rings. The highest BCUT2D eigenvalue weighted by Gasteiger charge is 2.17. The standard InChI is InChI=1S/C15H15ClN4O3S2/c1-10-7-14(18-23-10)19-25(21,22)12-4-6-15(17-8-12)20(2)9-11-3-5-13(16)24-11/h3-8H,9H2,1-2H3,(H,18,19). The number of pyridine rings is 1. The van der Waals surface area contributed by atoms with E-state index in [1.807, 2.05) is 24.1 Å². The molecule has 0 saturated heterocycles. The lowest BCUT2D eigenvalue weighted by Gasteiger charge is -2.17. The van der Waals surface area contributed by atoms with Crippen molar-refractivity contribution in [2.24, 2.45) is 0 Å². The Kier molecular flexibility index (Phi) is 4.98. The highest BCUT2D eigenvalue weighted by atomic mass is 35.5. The van der Waals surface area contributed by atoms with Crippen LogP contribution in [0.3, 0.4) is 0 Å². The van der Waals surface area contributed by atoms with Crippen LogP contribution in [0.5, 0.6) is 0 Å². The molecular weight excluding hydrogens is 384 g/mol. The third kappa shape index (κ3) is 4.30. The average Bonchev–Trinajstić information content (AvgIpc) is 3.15. The molecule has 0 atom stereocenters. The number of rotatable bonds is 6. The van der Waals surface area contributed by atoms with Gasteiger partial charge in [0, 0.05) is 24.2 Å². The number of anilines is 2. The molecule has 7 nitrogen and oxygen atoms in total. The highest BCUT2D eigenvalue weighted by Crippen LogP contribution is 2.24. The van der Waals surface area contributed by atoms with E-state index in [-0.39, 0.29) is 10.7 Å². The van der Waals surface area contributed by atoms with Crippen LogP contribution in [-0.2, 0) is 16.6 Å². The van der Waals surface area contributed by atoms with Gasteiger partial charge in [0.05, 0.1) is 10.9 Å². The van der Waals surface area contributed by atoms with Gasteiger partial charge >= 0.3 is 0 Å². The summed E-state index contributed by atoms with van der Waals surface area (Å²) in [5, 5.41) is 3.62. The lowest BCUT2D eigenvalue weighted by Crippen LogP contribution is -2.18. The van der Waals surface area contributed by atoms with Gasteiger partial charge in [0.2, 0.25) is 0 Å². The summed E-state index contributed by atoms with van der Waals surface area (Å²) in [6.45, 7) is 2.31. The van der Waals surface area contributed by atoms with E-state index >= 15 is 0 Å². The van der Waals surface area contributed by atoms with Gasteiger partial charge in [-0.05, 0) is 31.2 Å². The molecule has 0 aliphatic heterocycles. The maximum absolute atomic E-state index is 12.3. The van der Waals surface area contributed by atoms with Crippen LogP contribution in [0.25, 0.3) is 0 Å². The van der Waals surface area contributed by atoms with Gasteiger partial charge in [-0.15, -0.1) is 11.3 Å². The van der Waals surface area contributed by atoms with E-state index in [4.69, 9.17) is 16.1 Å². The topological polar surface area (TPSA) is 88.3 Å². The number of aryl methyl sites for hydroxylation is 1. The third-order valence-electron chi connectivity index (χ3n) is 3.31. The smallest absolute Gasteiger partial charge is 0.264 e. The first-order chi connectivity index (χ1) is 11.8. The Labute approximate surface area is 154 Å². The SMILES string of the molecule is Cc1cc(NS(=O)(=O)c2ccc(N(C)Cc3ccc(Cl)s3)nc2)no1. The van der Waals surface area contributed by atoms with Crippen LogP contribution in [0.15, 0.2) is 45.9 Å². The summed E-state index contributed by atoms with van der Waals surface area (Å²) < 4.78 is 32.6. The van der Waals surface area contributed by atoms with E-state index in [9.17, 15) is 8.42 Å². The molecule has 132 valence electrons. The maximum Gasteiger partial charge on any atom is 0.264 e. The van der Waals surface area contributed by atoms with Gasteiger partial charge in [0.15, 0.2) is 5.82 Å². The molecule has 3 heterocycles. The normalized spacial score (nSPS) is 11.5. The summed E-state index contributed by atoms with van der Waals surface area (Å²) in [5.41, 5.74) is 0. The molecule has 0 unspecified atom stereocenters. The minimum absolute atomic E-state index is 0.0458. The van der Waals surface area contributed by atoms with E-state index in [0.29, 0.717) is 18.1 Å². The Morgan fingerprint density at radius 3 is 2.68 bits per heavy atom. The van der Waals surface area contributed by atoms with Gasteiger partial charge in [-0.25, -0.2) is 13.4 Å². The Balaban J connectivity index is 1.72. The predicted molar refractivity (Wildman–Crippen MR) is 97.7 cm³/mol. The van der Waals surface area contributed by atoms with Crippen molar-refractivity contribution in [3.8, 4) is 0 Å². The minimum atomic E-state index is -3.77. The molecule has 1 N–H and O–H groups in total.